The predicted octanol–water partition coefficient (Wildman–Crippen LogP) is 2.78. The van der Waals surface area contributed by atoms with Crippen LogP contribution in [0.4, 0.5) is 5.69 Å². The fourth-order valence-electron chi connectivity index (χ4n) is 1.85. The van der Waals surface area contributed by atoms with Crippen LogP contribution in [0.1, 0.15) is 29.8 Å². The molecule has 0 aliphatic carbocycles. The summed E-state index contributed by atoms with van der Waals surface area (Å²) in [7, 11) is 0. The molecule has 0 aliphatic heterocycles. The first-order chi connectivity index (χ1) is 9.58. The number of rotatable bonds is 4. The third-order valence-corrected chi connectivity index (χ3v) is 2.92. The van der Waals surface area contributed by atoms with Gasteiger partial charge in [-0.15, -0.1) is 0 Å². The SMILES string of the molecule is CCc1nc(C)c(CN=C(N)Nc2cccc(C)c2)o1. The van der Waals surface area contributed by atoms with Gasteiger partial charge in [0.1, 0.15) is 12.3 Å². The van der Waals surface area contributed by atoms with Crippen molar-refractivity contribution in [3.8, 4) is 0 Å². The Balaban J connectivity index is 2.01. The summed E-state index contributed by atoms with van der Waals surface area (Å²) in [5, 5.41) is 3.06. The lowest BCUT2D eigenvalue weighted by Crippen LogP contribution is -2.22. The van der Waals surface area contributed by atoms with Crippen molar-refractivity contribution < 1.29 is 4.42 Å². The molecule has 5 heteroatoms. The Hall–Kier alpha value is -2.30. The van der Waals surface area contributed by atoms with Crippen molar-refractivity contribution in [2.45, 2.75) is 33.7 Å². The summed E-state index contributed by atoms with van der Waals surface area (Å²) in [4.78, 5) is 8.58. The van der Waals surface area contributed by atoms with Gasteiger partial charge in [-0.25, -0.2) is 9.98 Å². The molecule has 2 aromatic rings. The smallest absolute Gasteiger partial charge is 0.194 e. The second-order valence-electron chi connectivity index (χ2n) is 4.67. The van der Waals surface area contributed by atoms with Crippen LogP contribution in [0.2, 0.25) is 0 Å². The summed E-state index contributed by atoms with van der Waals surface area (Å²) in [6.07, 6.45) is 0.779. The monoisotopic (exact) mass is 272 g/mol. The zero-order valence-electron chi connectivity index (χ0n) is 12.1. The van der Waals surface area contributed by atoms with Crippen LogP contribution in [0.3, 0.4) is 0 Å². The van der Waals surface area contributed by atoms with E-state index in [1.807, 2.05) is 45.0 Å². The zero-order valence-corrected chi connectivity index (χ0v) is 12.1. The van der Waals surface area contributed by atoms with E-state index >= 15 is 0 Å². The molecule has 0 spiro atoms. The summed E-state index contributed by atoms with van der Waals surface area (Å²) in [5.74, 6) is 1.86. The van der Waals surface area contributed by atoms with Crippen LogP contribution < -0.4 is 11.1 Å². The Labute approximate surface area is 118 Å². The van der Waals surface area contributed by atoms with Crippen LogP contribution in [-0.4, -0.2) is 10.9 Å². The average molecular weight is 272 g/mol. The molecule has 1 heterocycles. The second-order valence-corrected chi connectivity index (χ2v) is 4.67. The molecule has 0 fully saturated rings. The van der Waals surface area contributed by atoms with Gasteiger partial charge in [0.2, 0.25) is 0 Å². The van der Waals surface area contributed by atoms with Crippen molar-refractivity contribution in [2.75, 3.05) is 5.32 Å². The molecular weight excluding hydrogens is 252 g/mol. The maximum Gasteiger partial charge on any atom is 0.194 e. The molecule has 0 atom stereocenters. The Morgan fingerprint density at radius 3 is 2.85 bits per heavy atom. The van der Waals surface area contributed by atoms with Gasteiger partial charge in [-0.1, -0.05) is 19.1 Å². The van der Waals surface area contributed by atoms with Crippen LogP contribution in [0, 0.1) is 13.8 Å². The highest BCUT2D eigenvalue weighted by Gasteiger charge is 2.07. The minimum Gasteiger partial charge on any atom is -0.443 e. The van der Waals surface area contributed by atoms with Crippen LogP contribution in [0.15, 0.2) is 33.7 Å². The van der Waals surface area contributed by atoms with Gasteiger partial charge >= 0.3 is 0 Å². The minimum atomic E-state index is 0.365. The van der Waals surface area contributed by atoms with Gasteiger partial charge in [-0.2, -0.15) is 0 Å². The first kappa shape index (κ1) is 14.1. The normalized spacial score (nSPS) is 11.7. The summed E-state index contributed by atoms with van der Waals surface area (Å²) >= 11 is 0. The van der Waals surface area contributed by atoms with Crippen molar-refractivity contribution in [2.24, 2.45) is 10.7 Å². The molecule has 0 amide bonds. The van der Waals surface area contributed by atoms with E-state index < -0.39 is 0 Å². The number of nitrogens with zero attached hydrogens (tertiary/aromatic N) is 2. The highest BCUT2D eigenvalue weighted by Crippen LogP contribution is 2.12. The highest BCUT2D eigenvalue weighted by atomic mass is 16.4. The molecule has 20 heavy (non-hydrogen) atoms. The Bertz CT molecular complexity index is 616. The van der Waals surface area contributed by atoms with Gasteiger partial charge in [0.25, 0.3) is 0 Å². The number of benzene rings is 1. The molecule has 0 radical (unpaired) electrons. The van der Waals surface area contributed by atoms with E-state index in [0.29, 0.717) is 12.5 Å². The standard InChI is InChI=1S/C15H20N4O/c1-4-14-18-11(3)13(20-14)9-17-15(16)19-12-7-5-6-10(2)8-12/h5-8H,4,9H2,1-3H3,(H3,16,17,19). The van der Waals surface area contributed by atoms with Crippen molar-refractivity contribution in [1.82, 2.24) is 4.98 Å². The number of hydrogen-bond acceptors (Lipinski definition) is 3. The van der Waals surface area contributed by atoms with Crippen LogP contribution >= 0.6 is 0 Å². The molecule has 0 bridgehead atoms. The molecule has 1 aromatic carbocycles. The van der Waals surface area contributed by atoms with Crippen LogP contribution in [-0.2, 0) is 13.0 Å². The fourth-order valence-corrected chi connectivity index (χ4v) is 1.85. The number of guanidine groups is 1. The lowest BCUT2D eigenvalue weighted by Gasteiger charge is -2.05. The fraction of sp³-hybridized carbons (Fsp3) is 0.333. The van der Waals surface area contributed by atoms with Gasteiger partial charge in [0, 0.05) is 12.1 Å². The second kappa shape index (κ2) is 6.23. The van der Waals surface area contributed by atoms with E-state index in [1.165, 1.54) is 5.56 Å². The van der Waals surface area contributed by atoms with E-state index in [-0.39, 0.29) is 0 Å². The van der Waals surface area contributed by atoms with Gasteiger partial charge in [-0.05, 0) is 31.5 Å². The van der Waals surface area contributed by atoms with Gasteiger partial charge in [0.15, 0.2) is 11.9 Å². The number of nitrogens with two attached hydrogens (primary N) is 1. The molecule has 0 saturated heterocycles. The summed E-state index contributed by atoms with van der Waals surface area (Å²) in [5.41, 5.74) is 8.83. The average Bonchev–Trinajstić information content (AvgIpc) is 2.77. The maximum absolute atomic E-state index is 5.87. The Morgan fingerprint density at radius 1 is 1.40 bits per heavy atom. The van der Waals surface area contributed by atoms with Gasteiger partial charge in [0.05, 0.1) is 5.69 Å². The number of nitrogens with one attached hydrogen (secondary N) is 1. The van der Waals surface area contributed by atoms with Crippen molar-refractivity contribution in [3.63, 3.8) is 0 Å². The molecule has 0 unspecified atom stereocenters. The zero-order chi connectivity index (χ0) is 14.5. The number of aromatic nitrogens is 1. The third kappa shape index (κ3) is 3.60. The summed E-state index contributed by atoms with van der Waals surface area (Å²) in [6.45, 7) is 6.34. The predicted molar refractivity (Wildman–Crippen MR) is 80.7 cm³/mol. The van der Waals surface area contributed by atoms with Crippen LogP contribution in [0.25, 0.3) is 0 Å². The van der Waals surface area contributed by atoms with E-state index in [4.69, 9.17) is 10.2 Å². The van der Waals surface area contributed by atoms with Crippen molar-refractivity contribution in [3.05, 3.63) is 47.2 Å². The first-order valence-corrected chi connectivity index (χ1v) is 6.67. The summed E-state index contributed by atoms with van der Waals surface area (Å²) in [6, 6.07) is 7.96. The number of aryl methyl sites for hydroxylation is 3. The number of hydrogen-bond donors (Lipinski definition) is 2. The van der Waals surface area contributed by atoms with E-state index in [1.54, 1.807) is 0 Å². The van der Waals surface area contributed by atoms with E-state index in [2.05, 4.69) is 15.3 Å². The van der Waals surface area contributed by atoms with Gasteiger partial charge < -0.3 is 15.5 Å². The van der Waals surface area contributed by atoms with Crippen molar-refractivity contribution >= 4 is 11.6 Å². The molecule has 106 valence electrons. The van der Waals surface area contributed by atoms with E-state index in [9.17, 15) is 0 Å². The van der Waals surface area contributed by atoms with E-state index in [0.717, 1.165) is 29.5 Å². The van der Waals surface area contributed by atoms with Gasteiger partial charge in [-0.3, -0.25) is 0 Å². The van der Waals surface area contributed by atoms with Crippen molar-refractivity contribution in [1.29, 1.82) is 0 Å². The molecule has 3 N–H and O–H groups in total. The topological polar surface area (TPSA) is 76.4 Å². The molecule has 1 aromatic heterocycles. The largest absolute Gasteiger partial charge is 0.443 e. The number of anilines is 1. The molecule has 2 rings (SSSR count). The third-order valence-electron chi connectivity index (χ3n) is 2.92. The highest BCUT2D eigenvalue weighted by molar-refractivity contribution is 5.92. The molecular formula is C15H20N4O. The quantitative estimate of drug-likeness (QED) is 0.663. The number of aliphatic imine (C=N–C) groups is 1. The molecule has 0 saturated carbocycles. The summed E-state index contributed by atoms with van der Waals surface area (Å²) < 4.78 is 5.58. The van der Waals surface area contributed by atoms with Crippen LogP contribution in [0.5, 0.6) is 0 Å². The molecule has 5 nitrogen and oxygen atoms in total. The Kier molecular flexibility index (Phi) is 4.40. The Morgan fingerprint density at radius 2 is 2.20 bits per heavy atom. The molecule has 0 aliphatic rings. The first-order valence-electron chi connectivity index (χ1n) is 6.67. The number of oxazole rings is 1. The lowest BCUT2D eigenvalue weighted by atomic mass is 10.2. The minimum absolute atomic E-state index is 0.365. The lowest BCUT2D eigenvalue weighted by molar-refractivity contribution is 0.461. The maximum atomic E-state index is 5.87.